The van der Waals surface area contributed by atoms with Crippen LogP contribution < -0.4 is 4.74 Å². The van der Waals surface area contributed by atoms with Crippen molar-refractivity contribution in [2.75, 3.05) is 26.2 Å². The molecule has 0 spiro atoms. The maximum absolute atomic E-state index is 5.56. The Morgan fingerprint density at radius 1 is 1.00 bits per heavy atom. The molecule has 0 aliphatic rings. The molecule has 0 fully saturated rings. The van der Waals surface area contributed by atoms with E-state index in [0.717, 1.165) is 49.7 Å². The Morgan fingerprint density at radius 3 is 2.36 bits per heavy atom. The van der Waals surface area contributed by atoms with Gasteiger partial charge in [-0.25, -0.2) is 4.98 Å². The molecule has 4 nitrogen and oxygen atoms in total. The third-order valence-corrected chi connectivity index (χ3v) is 5.11. The maximum Gasteiger partial charge on any atom is 0.119 e. The Balaban J connectivity index is 0.00000280. The van der Waals surface area contributed by atoms with Gasteiger partial charge in [-0.05, 0) is 62.3 Å². The van der Waals surface area contributed by atoms with Crippen LogP contribution in [0.3, 0.4) is 0 Å². The molecule has 3 rings (SSSR count). The van der Waals surface area contributed by atoms with Gasteiger partial charge in [0.1, 0.15) is 11.6 Å². The van der Waals surface area contributed by atoms with Gasteiger partial charge in [0.2, 0.25) is 0 Å². The van der Waals surface area contributed by atoms with Crippen LogP contribution in [0.2, 0.25) is 0 Å². The monoisotopic (exact) mass is 401 g/mol. The standard InChI is InChI=1S/C23H31N3O.ClH/c1-5-25(6-2)14-15-26-22-13-8-18(4)16-21(22)24-23(26)17-19-9-11-20(12-10-19)27-7-3;/h8-13,16H,5-7,14-15,17H2,1-4H3;1H. The SMILES string of the molecule is CCOc1ccc(Cc2nc3cc(C)ccc3n2CCN(CC)CC)cc1.Cl. The lowest BCUT2D eigenvalue weighted by atomic mass is 10.1. The summed E-state index contributed by atoms with van der Waals surface area (Å²) in [6.07, 6.45) is 0.832. The van der Waals surface area contributed by atoms with Crippen molar-refractivity contribution in [3.05, 3.63) is 59.4 Å². The first-order chi connectivity index (χ1) is 13.1. The van der Waals surface area contributed by atoms with Crippen LogP contribution in [0.25, 0.3) is 11.0 Å². The minimum atomic E-state index is 0. The topological polar surface area (TPSA) is 30.3 Å². The lowest BCUT2D eigenvalue weighted by Gasteiger charge is -2.19. The van der Waals surface area contributed by atoms with Crippen molar-refractivity contribution in [1.29, 1.82) is 0 Å². The molecule has 0 saturated heterocycles. The first-order valence-corrected chi connectivity index (χ1v) is 10.0. The van der Waals surface area contributed by atoms with Crippen molar-refractivity contribution < 1.29 is 4.74 Å². The van der Waals surface area contributed by atoms with E-state index in [9.17, 15) is 0 Å². The van der Waals surface area contributed by atoms with Gasteiger partial charge in [0.25, 0.3) is 0 Å². The highest BCUT2D eigenvalue weighted by Crippen LogP contribution is 2.21. The zero-order valence-electron chi connectivity index (χ0n) is 17.4. The van der Waals surface area contributed by atoms with Gasteiger partial charge in [-0.15, -0.1) is 12.4 Å². The van der Waals surface area contributed by atoms with Crippen LogP contribution in [-0.2, 0) is 13.0 Å². The summed E-state index contributed by atoms with van der Waals surface area (Å²) in [5, 5.41) is 0. The van der Waals surface area contributed by atoms with Gasteiger partial charge in [-0.2, -0.15) is 0 Å². The largest absolute Gasteiger partial charge is 0.494 e. The van der Waals surface area contributed by atoms with Crippen molar-refractivity contribution in [2.24, 2.45) is 0 Å². The van der Waals surface area contributed by atoms with Crippen molar-refractivity contribution in [3.63, 3.8) is 0 Å². The maximum atomic E-state index is 5.56. The Morgan fingerprint density at radius 2 is 1.71 bits per heavy atom. The number of hydrogen-bond donors (Lipinski definition) is 0. The molecule has 0 unspecified atom stereocenters. The average Bonchev–Trinajstić information content (AvgIpc) is 3.00. The van der Waals surface area contributed by atoms with E-state index >= 15 is 0 Å². The van der Waals surface area contributed by atoms with E-state index in [-0.39, 0.29) is 12.4 Å². The smallest absolute Gasteiger partial charge is 0.119 e. The van der Waals surface area contributed by atoms with Gasteiger partial charge in [0, 0.05) is 19.5 Å². The number of fused-ring (bicyclic) bond motifs is 1. The van der Waals surface area contributed by atoms with E-state index in [1.807, 2.05) is 19.1 Å². The van der Waals surface area contributed by atoms with E-state index in [0.29, 0.717) is 6.61 Å². The molecular formula is C23H32ClN3O. The number of likely N-dealkylation sites (N-methyl/N-ethyl adjacent to an activating group) is 1. The number of ether oxygens (including phenoxy) is 1. The predicted molar refractivity (Wildman–Crippen MR) is 120 cm³/mol. The molecule has 0 amide bonds. The zero-order valence-corrected chi connectivity index (χ0v) is 18.3. The Labute approximate surface area is 174 Å². The second-order valence-electron chi connectivity index (χ2n) is 6.95. The summed E-state index contributed by atoms with van der Waals surface area (Å²) < 4.78 is 7.95. The van der Waals surface area contributed by atoms with Crippen molar-refractivity contribution in [3.8, 4) is 5.75 Å². The molecule has 0 aliphatic carbocycles. The lowest BCUT2D eigenvalue weighted by molar-refractivity contribution is 0.291. The Bertz CT molecular complexity index is 869. The fourth-order valence-electron chi connectivity index (χ4n) is 3.51. The van der Waals surface area contributed by atoms with Crippen LogP contribution >= 0.6 is 12.4 Å². The normalized spacial score (nSPS) is 11.0. The summed E-state index contributed by atoms with van der Waals surface area (Å²) in [6.45, 7) is 13.4. The first kappa shape index (κ1) is 22.3. The summed E-state index contributed by atoms with van der Waals surface area (Å²) >= 11 is 0. The molecular weight excluding hydrogens is 370 g/mol. The minimum Gasteiger partial charge on any atom is -0.494 e. The molecule has 3 aromatic rings. The molecule has 0 aliphatic heterocycles. The number of imidazole rings is 1. The van der Waals surface area contributed by atoms with Crippen LogP contribution in [0.15, 0.2) is 42.5 Å². The van der Waals surface area contributed by atoms with Gasteiger partial charge in [-0.1, -0.05) is 32.0 Å². The highest BCUT2D eigenvalue weighted by molar-refractivity contribution is 5.85. The van der Waals surface area contributed by atoms with Crippen LogP contribution in [0.4, 0.5) is 0 Å². The highest BCUT2D eigenvalue weighted by Gasteiger charge is 2.12. The second-order valence-corrected chi connectivity index (χ2v) is 6.95. The molecule has 0 saturated carbocycles. The highest BCUT2D eigenvalue weighted by atomic mass is 35.5. The summed E-state index contributed by atoms with van der Waals surface area (Å²) in [7, 11) is 0. The molecule has 5 heteroatoms. The quantitative estimate of drug-likeness (QED) is 0.499. The predicted octanol–water partition coefficient (Wildman–Crippen LogP) is 5.10. The summed E-state index contributed by atoms with van der Waals surface area (Å²) in [6, 6.07) is 15.0. The molecule has 1 aromatic heterocycles. The Kier molecular flexibility index (Phi) is 8.34. The molecule has 152 valence electrons. The van der Waals surface area contributed by atoms with E-state index in [1.165, 1.54) is 16.6 Å². The molecule has 0 radical (unpaired) electrons. The molecule has 1 heterocycles. The molecule has 28 heavy (non-hydrogen) atoms. The number of halogens is 1. The van der Waals surface area contributed by atoms with Gasteiger partial charge in [0.05, 0.1) is 17.6 Å². The van der Waals surface area contributed by atoms with Crippen molar-refractivity contribution in [1.82, 2.24) is 14.5 Å². The number of nitrogens with zero attached hydrogens (tertiary/aromatic N) is 3. The van der Waals surface area contributed by atoms with E-state index in [1.54, 1.807) is 0 Å². The van der Waals surface area contributed by atoms with Crippen molar-refractivity contribution >= 4 is 23.4 Å². The zero-order chi connectivity index (χ0) is 19.2. The van der Waals surface area contributed by atoms with Gasteiger partial charge in [0.15, 0.2) is 0 Å². The van der Waals surface area contributed by atoms with Gasteiger partial charge < -0.3 is 14.2 Å². The van der Waals surface area contributed by atoms with Crippen LogP contribution in [0, 0.1) is 6.92 Å². The second kappa shape index (κ2) is 10.5. The molecule has 0 N–H and O–H groups in total. The average molecular weight is 402 g/mol. The molecule has 0 bridgehead atoms. The third-order valence-electron chi connectivity index (χ3n) is 5.11. The Hall–Kier alpha value is -2.04. The van der Waals surface area contributed by atoms with Crippen LogP contribution in [0.5, 0.6) is 5.75 Å². The minimum absolute atomic E-state index is 0. The van der Waals surface area contributed by atoms with Gasteiger partial charge >= 0.3 is 0 Å². The summed E-state index contributed by atoms with van der Waals surface area (Å²) in [4.78, 5) is 7.43. The number of benzene rings is 2. The van der Waals surface area contributed by atoms with Crippen LogP contribution in [0.1, 0.15) is 37.7 Å². The molecule has 0 atom stereocenters. The first-order valence-electron chi connectivity index (χ1n) is 10.0. The lowest BCUT2D eigenvalue weighted by Crippen LogP contribution is -2.27. The van der Waals surface area contributed by atoms with E-state index in [4.69, 9.17) is 9.72 Å². The summed E-state index contributed by atoms with van der Waals surface area (Å²) in [5.41, 5.74) is 4.84. The van der Waals surface area contributed by atoms with Gasteiger partial charge in [-0.3, -0.25) is 0 Å². The fraction of sp³-hybridized carbons (Fsp3) is 0.435. The fourth-order valence-corrected chi connectivity index (χ4v) is 3.51. The number of aromatic nitrogens is 2. The number of hydrogen-bond acceptors (Lipinski definition) is 3. The number of rotatable bonds is 9. The van der Waals surface area contributed by atoms with Crippen LogP contribution in [-0.4, -0.2) is 40.7 Å². The number of aryl methyl sites for hydroxylation is 1. The van der Waals surface area contributed by atoms with E-state index in [2.05, 4.69) is 60.6 Å². The van der Waals surface area contributed by atoms with Crippen molar-refractivity contribution in [2.45, 2.75) is 40.7 Å². The molecule has 2 aromatic carbocycles. The summed E-state index contributed by atoms with van der Waals surface area (Å²) in [5.74, 6) is 2.05. The van der Waals surface area contributed by atoms with E-state index < -0.39 is 0 Å². The third kappa shape index (κ3) is 5.27.